The van der Waals surface area contributed by atoms with Crippen molar-refractivity contribution in [1.82, 2.24) is 5.32 Å². The van der Waals surface area contributed by atoms with E-state index in [0.29, 0.717) is 18.7 Å². The molecule has 4 heteroatoms. The second kappa shape index (κ2) is 6.17. The molecule has 0 radical (unpaired) electrons. The molecule has 0 aliphatic heterocycles. The summed E-state index contributed by atoms with van der Waals surface area (Å²) in [5.74, 6) is -0.0384. The smallest absolute Gasteiger partial charge is 0.251 e. The van der Waals surface area contributed by atoms with Gasteiger partial charge in [0.15, 0.2) is 0 Å². The average Bonchev–Trinajstić information content (AvgIpc) is 3.18. The second-order valence-corrected chi connectivity index (χ2v) is 5.39. The van der Waals surface area contributed by atoms with Crippen molar-refractivity contribution >= 4 is 5.91 Å². The Morgan fingerprint density at radius 1 is 1.32 bits per heavy atom. The summed E-state index contributed by atoms with van der Waals surface area (Å²) in [6, 6.07) is 7.57. The van der Waals surface area contributed by atoms with Crippen LogP contribution >= 0.6 is 0 Å². The summed E-state index contributed by atoms with van der Waals surface area (Å²) < 4.78 is 0. The number of carbonyl (C=O) groups excluding carboxylic acids is 1. The van der Waals surface area contributed by atoms with Crippen LogP contribution in [0.3, 0.4) is 0 Å². The van der Waals surface area contributed by atoms with E-state index in [1.807, 2.05) is 24.3 Å². The van der Waals surface area contributed by atoms with Gasteiger partial charge in [-0.05, 0) is 55.3 Å². The molecule has 1 aliphatic rings. The molecule has 1 aromatic carbocycles. The molecule has 1 amide bonds. The molecule has 4 nitrogen and oxygen atoms in total. The topological polar surface area (TPSA) is 75.4 Å². The molecule has 1 saturated carbocycles. The monoisotopic (exact) mass is 262 g/mol. The van der Waals surface area contributed by atoms with Crippen molar-refractivity contribution in [3.05, 3.63) is 35.4 Å². The van der Waals surface area contributed by atoms with Crippen LogP contribution in [0.1, 0.15) is 35.2 Å². The molecule has 4 N–H and O–H groups in total. The number of amides is 1. The Hall–Kier alpha value is -1.39. The van der Waals surface area contributed by atoms with E-state index >= 15 is 0 Å². The van der Waals surface area contributed by atoms with E-state index in [1.165, 1.54) is 0 Å². The predicted molar refractivity (Wildman–Crippen MR) is 74.9 cm³/mol. The van der Waals surface area contributed by atoms with Crippen LogP contribution in [0.4, 0.5) is 0 Å². The molecule has 0 aromatic heterocycles. The number of aliphatic hydroxyl groups is 1. The van der Waals surface area contributed by atoms with Gasteiger partial charge in [0.1, 0.15) is 0 Å². The molecule has 1 aromatic rings. The van der Waals surface area contributed by atoms with Crippen molar-refractivity contribution in [1.29, 1.82) is 0 Å². The Kier molecular flexibility index (Phi) is 4.56. The number of hydrogen-bond acceptors (Lipinski definition) is 3. The van der Waals surface area contributed by atoms with Crippen molar-refractivity contribution in [3.63, 3.8) is 0 Å². The van der Waals surface area contributed by atoms with E-state index in [4.69, 9.17) is 10.8 Å². The Labute approximate surface area is 114 Å². The van der Waals surface area contributed by atoms with Crippen LogP contribution in [0, 0.1) is 5.41 Å². The Morgan fingerprint density at radius 3 is 2.53 bits per heavy atom. The maximum absolute atomic E-state index is 12.0. The van der Waals surface area contributed by atoms with Crippen LogP contribution in [-0.2, 0) is 6.42 Å². The minimum absolute atomic E-state index is 0.0384. The van der Waals surface area contributed by atoms with Gasteiger partial charge in [-0.3, -0.25) is 4.79 Å². The van der Waals surface area contributed by atoms with Crippen molar-refractivity contribution < 1.29 is 9.90 Å². The highest BCUT2D eigenvalue weighted by atomic mass is 16.3. The molecular weight excluding hydrogens is 240 g/mol. The highest BCUT2D eigenvalue weighted by molar-refractivity contribution is 5.94. The molecule has 0 heterocycles. The van der Waals surface area contributed by atoms with Gasteiger partial charge >= 0.3 is 0 Å². The molecular formula is C15H22N2O2. The highest BCUT2D eigenvalue weighted by Crippen LogP contribution is 2.47. The normalized spacial score (nSPS) is 16.1. The first-order valence-corrected chi connectivity index (χ1v) is 6.87. The molecule has 0 bridgehead atoms. The number of nitrogens with two attached hydrogens (primary N) is 1. The van der Waals surface area contributed by atoms with Crippen LogP contribution in [-0.4, -0.2) is 30.7 Å². The number of benzene rings is 1. The fourth-order valence-electron chi connectivity index (χ4n) is 2.29. The third-order valence-electron chi connectivity index (χ3n) is 3.87. The minimum atomic E-state index is -0.0384. The molecule has 104 valence electrons. The van der Waals surface area contributed by atoms with E-state index in [9.17, 15) is 4.79 Å². The highest BCUT2D eigenvalue weighted by Gasteiger charge is 2.41. The standard InChI is InChI=1S/C15H22N2O2/c16-9-5-12-1-3-13(4-2-12)14(19)17-11-15(6-7-15)8-10-18/h1-4,18H,5-11,16H2,(H,17,19). The van der Waals surface area contributed by atoms with Crippen LogP contribution in [0.15, 0.2) is 24.3 Å². The minimum Gasteiger partial charge on any atom is -0.396 e. The number of aliphatic hydroxyl groups excluding tert-OH is 1. The number of nitrogens with one attached hydrogen (secondary N) is 1. The maximum Gasteiger partial charge on any atom is 0.251 e. The van der Waals surface area contributed by atoms with Crippen molar-refractivity contribution in [2.24, 2.45) is 11.1 Å². The van der Waals surface area contributed by atoms with E-state index in [2.05, 4.69) is 5.32 Å². The van der Waals surface area contributed by atoms with Gasteiger partial charge in [0.2, 0.25) is 0 Å². The first-order valence-electron chi connectivity index (χ1n) is 6.87. The van der Waals surface area contributed by atoms with Gasteiger partial charge in [-0.25, -0.2) is 0 Å². The van der Waals surface area contributed by atoms with Gasteiger partial charge in [-0.2, -0.15) is 0 Å². The summed E-state index contributed by atoms with van der Waals surface area (Å²) >= 11 is 0. The lowest BCUT2D eigenvalue weighted by Gasteiger charge is -2.14. The fraction of sp³-hybridized carbons (Fsp3) is 0.533. The zero-order valence-electron chi connectivity index (χ0n) is 11.2. The first-order chi connectivity index (χ1) is 9.19. The van der Waals surface area contributed by atoms with E-state index in [1.54, 1.807) is 0 Å². The van der Waals surface area contributed by atoms with E-state index in [0.717, 1.165) is 31.2 Å². The predicted octanol–water partition coefficient (Wildman–Crippen LogP) is 1.08. The first kappa shape index (κ1) is 14.0. The van der Waals surface area contributed by atoms with Crippen LogP contribution in [0.2, 0.25) is 0 Å². The molecule has 0 spiro atoms. The summed E-state index contributed by atoms with van der Waals surface area (Å²) in [5.41, 5.74) is 7.48. The van der Waals surface area contributed by atoms with Crippen LogP contribution in [0.5, 0.6) is 0 Å². The Bertz CT molecular complexity index is 424. The molecule has 1 aliphatic carbocycles. The summed E-state index contributed by atoms with van der Waals surface area (Å²) in [6.07, 6.45) is 3.82. The third-order valence-corrected chi connectivity index (χ3v) is 3.87. The van der Waals surface area contributed by atoms with Gasteiger partial charge in [0, 0.05) is 18.7 Å². The summed E-state index contributed by atoms with van der Waals surface area (Å²) in [7, 11) is 0. The summed E-state index contributed by atoms with van der Waals surface area (Å²) in [4.78, 5) is 12.0. The largest absolute Gasteiger partial charge is 0.396 e. The summed E-state index contributed by atoms with van der Waals surface area (Å²) in [5, 5.41) is 11.9. The van der Waals surface area contributed by atoms with Crippen molar-refractivity contribution in [3.8, 4) is 0 Å². The lowest BCUT2D eigenvalue weighted by atomic mass is 10.0. The Balaban J connectivity index is 1.86. The number of rotatable bonds is 7. The maximum atomic E-state index is 12.0. The van der Waals surface area contributed by atoms with Gasteiger partial charge < -0.3 is 16.2 Å². The Morgan fingerprint density at radius 2 is 2.00 bits per heavy atom. The molecule has 1 fully saturated rings. The van der Waals surface area contributed by atoms with E-state index < -0.39 is 0 Å². The quantitative estimate of drug-likeness (QED) is 0.688. The zero-order valence-corrected chi connectivity index (χ0v) is 11.2. The van der Waals surface area contributed by atoms with E-state index in [-0.39, 0.29) is 17.9 Å². The molecule has 19 heavy (non-hydrogen) atoms. The molecule has 0 unspecified atom stereocenters. The van der Waals surface area contributed by atoms with Gasteiger partial charge in [0.25, 0.3) is 5.91 Å². The number of hydrogen-bond donors (Lipinski definition) is 3. The second-order valence-electron chi connectivity index (χ2n) is 5.39. The summed E-state index contributed by atoms with van der Waals surface area (Å²) in [6.45, 7) is 1.48. The molecule has 2 rings (SSSR count). The zero-order chi connectivity index (χ0) is 13.7. The van der Waals surface area contributed by atoms with Crippen LogP contribution in [0.25, 0.3) is 0 Å². The third kappa shape index (κ3) is 3.78. The average molecular weight is 262 g/mol. The molecule has 0 atom stereocenters. The van der Waals surface area contributed by atoms with Gasteiger partial charge in [0.05, 0.1) is 0 Å². The SMILES string of the molecule is NCCc1ccc(C(=O)NCC2(CCO)CC2)cc1. The van der Waals surface area contributed by atoms with Crippen molar-refractivity contribution in [2.45, 2.75) is 25.7 Å². The fourth-order valence-corrected chi connectivity index (χ4v) is 2.29. The van der Waals surface area contributed by atoms with Gasteiger partial charge in [-0.1, -0.05) is 12.1 Å². The molecule has 0 saturated heterocycles. The lowest BCUT2D eigenvalue weighted by molar-refractivity contribution is 0.0941. The number of carbonyl (C=O) groups is 1. The van der Waals surface area contributed by atoms with Crippen molar-refractivity contribution in [2.75, 3.05) is 19.7 Å². The van der Waals surface area contributed by atoms with Crippen LogP contribution < -0.4 is 11.1 Å². The lowest BCUT2D eigenvalue weighted by Crippen LogP contribution is -2.30. The van der Waals surface area contributed by atoms with Gasteiger partial charge in [-0.15, -0.1) is 0 Å².